The van der Waals surface area contributed by atoms with Crippen molar-refractivity contribution in [3.63, 3.8) is 0 Å². The second-order valence-corrected chi connectivity index (χ2v) is 4.82. The summed E-state index contributed by atoms with van der Waals surface area (Å²) in [6, 6.07) is 12.1. The standard InChI is InChI=1S/C17H19NO4/c1-11(19)12-5-4-6-13(9-12)18-17(20)15-8-7-14(21-2)10-16(15)22-3/h4-11,19H,1-3H3,(H,18,20). The summed E-state index contributed by atoms with van der Waals surface area (Å²) in [7, 11) is 3.05. The predicted octanol–water partition coefficient (Wildman–Crippen LogP) is 3.01. The number of anilines is 1. The lowest BCUT2D eigenvalue weighted by molar-refractivity contribution is 0.102. The van der Waals surface area contributed by atoms with Gasteiger partial charge in [0.1, 0.15) is 11.5 Å². The molecule has 0 aliphatic carbocycles. The number of carbonyl (C=O) groups is 1. The average Bonchev–Trinajstić information content (AvgIpc) is 2.54. The molecule has 5 heteroatoms. The van der Waals surface area contributed by atoms with Gasteiger partial charge in [-0.1, -0.05) is 12.1 Å². The smallest absolute Gasteiger partial charge is 0.259 e. The van der Waals surface area contributed by atoms with Gasteiger partial charge in [0.05, 0.1) is 25.9 Å². The minimum absolute atomic E-state index is 0.290. The number of benzene rings is 2. The van der Waals surface area contributed by atoms with Gasteiger partial charge in [-0.3, -0.25) is 4.79 Å². The van der Waals surface area contributed by atoms with E-state index in [-0.39, 0.29) is 5.91 Å². The molecule has 0 radical (unpaired) electrons. The number of nitrogens with one attached hydrogen (secondary N) is 1. The van der Waals surface area contributed by atoms with Crippen molar-refractivity contribution in [3.05, 3.63) is 53.6 Å². The van der Waals surface area contributed by atoms with Crippen LogP contribution in [0.15, 0.2) is 42.5 Å². The van der Waals surface area contributed by atoms with Crippen LogP contribution in [-0.2, 0) is 0 Å². The molecule has 0 aliphatic heterocycles. The molecule has 0 heterocycles. The van der Waals surface area contributed by atoms with Crippen LogP contribution in [0.25, 0.3) is 0 Å². The lowest BCUT2D eigenvalue weighted by atomic mass is 10.1. The molecular formula is C17H19NO4. The normalized spacial score (nSPS) is 11.6. The summed E-state index contributed by atoms with van der Waals surface area (Å²) in [6.45, 7) is 1.67. The molecule has 0 aromatic heterocycles. The van der Waals surface area contributed by atoms with Crippen molar-refractivity contribution in [2.24, 2.45) is 0 Å². The Morgan fingerprint density at radius 1 is 1.14 bits per heavy atom. The molecule has 2 rings (SSSR count). The molecule has 116 valence electrons. The summed E-state index contributed by atoms with van der Waals surface area (Å²) in [5.41, 5.74) is 1.76. The number of hydrogen-bond acceptors (Lipinski definition) is 4. The highest BCUT2D eigenvalue weighted by molar-refractivity contribution is 6.06. The van der Waals surface area contributed by atoms with E-state index in [4.69, 9.17) is 9.47 Å². The molecule has 1 unspecified atom stereocenters. The van der Waals surface area contributed by atoms with E-state index in [2.05, 4.69) is 5.32 Å². The van der Waals surface area contributed by atoms with Crippen molar-refractivity contribution >= 4 is 11.6 Å². The number of aliphatic hydroxyl groups is 1. The number of rotatable bonds is 5. The fourth-order valence-corrected chi connectivity index (χ4v) is 2.06. The molecule has 0 bridgehead atoms. The van der Waals surface area contributed by atoms with E-state index >= 15 is 0 Å². The Balaban J connectivity index is 2.24. The van der Waals surface area contributed by atoms with Crippen LogP contribution in [0.2, 0.25) is 0 Å². The monoisotopic (exact) mass is 301 g/mol. The number of carbonyl (C=O) groups excluding carboxylic acids is 1. The fourth-order valence-electron chi connectivity index (χ4n) is 2.06. The Kier molecular flexibility index (Phi) is 5.01. The Hall–Kier alpha value is -2.53. The van der Waals surface area contributed by atoms with Gasteiger partial charge < -0.3 is 19.9 Å². The molecular weight excluding hydrogens is 282 g/mol. The number of amides is 1. The molecule has 0 aliphatic rings. The van der Waals surface area contributed by atoms with Gasteiger partial charge in [0.2, 0.25) is 0 Å². The molecule has 5 nitrogen and oxygen atoms in total. The molecule has 2 N–H and O–H groups in total. The van der Waals surface area contributed by atoms with Crippen molar-refractivity contribution in [2.75, 3.05) is 19.5 Å². The van der Waals surface area contributed by atoms with Gasteiger partial charge in [0, 0.05) is 11.8 Å². The second kappa shape index (κ2) is 6.95. The minimum atomic E-state index is -0.590. The second-order valence-electron chi connectivity index (χ2n) is 4.82. The zero-order valence-electron chi connectivity index (χ0n) is 12.8. The Bertz CT molecular complexity index is 667. The lowest BCUT2D eigenvalue weighted by Crippen LogP contribution is -2.13. The first-order valence-electron chi connectivity index (χ1n) is 6.86. The van der Waals surface area contributed by atoms with Gasteiger partial charge in [-0.2, -0.15) is 0 Å². The molecule has 2 aromatic carbocycles. The van der Waals surface area contributed by atoms with E-state index < -0.39 is 6.10 Å². The zero-order valence-corrected chi connectivity index (χ0v) is 12.8. The molecule has 22 heavy (non-hydrogen) atoms. The average molecular weight is 301 g/mol. The van der Waals surface area contributed by atoms with Gasteiger partial charge in [0.15, 0.2) is 0 Å². The van der Waals surface area contributed by atoms with E-state index in [1.807, 2.05) is 0 Å². The van der Waals surface area contributed by atoms with Crippen LogP contribution in [0.1, 0.15) is 28.9 Å². The van der Waals surface area contributed by atoms with Crippen LogP contribution < -0.4 is 14.8 Å². The van der Waals surface area contributed by atoms with Gasteiger partial charge in [0.25, 0.3) is 5.91 Å². The van der Waals surface area contributed by atoms with Crippen molar-refractivity contribution in [1.29, 1.82) is 0 Å². The first-order chi connectivity index (χ1) is 10.5. The summed E-state index contributed by atoms with van der Waals surface area (Å²) in [4.78, 5) is 12.4. The molecule has 1 amide bonds. The summed E-state index contributed by atoms with van der Waals surface area (Å²) >= 11 is 0. The first-order valence-corrected chi connectivity index (χ1v) is 6.86. The van der Waals surface area contributed by atoms with Crippen molar-refractivity contribution < 1.29 is 19.4 Å². The maximum absolute atomic E-state index is 12.4. The lowest BCUT2D eigenvalue weighted by Gasteiger charge is -2.12. The van der Waals surface area contributed by atoms with E-state index in [0.717, 1.165) is 5.56 Å². The van der Waals surface area contributed by atoms with Crippen LogP contribution in [0.3, 0.4) is 0 Å². The maximum atomic E-state index is 12.4. The Morgan fingerprint density at radius 3 is 2.55 bits per heavy atom. The van der Waals surface area contributed by atoms with Crippen LogP contribution in [0, 0.1) is 0 Å². The van der Waals surface area contributed by atoms with Crippen LogP contribution >= 0.6 is 0 Å². The topological polar surface area (TPSA) is 67.8 Å². The predicted molar refractivity (Wildman–Crippen MR) is 84.6 cm³/mol. The zero-order chi connectivity index (χ0) is 16.1. The summed E-state index contributed by atoms with van der Waals surface area (Å²) < 4.78 is 10.3. The number of methoxy groups -OCH3 is 2. The van der Waals surface area contributed by atoms with E-state index in [9.17, 15) is 9.90 Å². The van der Waals surface area contributed by atoms with Crippen LogP contribution in [0.5, 0.6) is 11.5 Å². The van der Waals surface area contributed by atoms with Crippen LogP contribution in [0.4, 0.5) is 5.69 Å². The maximum Gasteiger partial charge on any atom is 0.259 e. The summed E-state index contributed by atoms with van der Waals surface area (Å²) in [5, 5.41) is 12.4. The molecule has 2 aromatic rings. The van der Waals surface area contributed by atoms with Crippen molar-refractivity contribution in [3.8, 4) is 11.5 Å². The molecule has 0 saturated heterocycles. The van der Waals surface area contributed by atoms with E-state index in [1.54, 1.807) is 56.5 Å². The quantitative estimate of drug-likeness (QED) is 0.891. The van der Waals surface area contributed by atoms with Gasteiger partial charge in [-0.25, -0.2) is 0 Å². The Morgan fingerprint density at radius 2 is 1.91 bits per heavy atom. The highest BCUT2D eigenvalue weighted by atomic mass is 16.5. The highest BCUT2D eigenvalue weighted by Crippen LogP contribution is 2.26. The van der Waals surface area contributed by atoms with Gasteiger partial charge in [-0.15, -0.1) is 0 Å². The summed E-state index contributed by atoms with van der Waals surface area (Å²) in [5.74, 6) is 0.760. The summed E-state index contributed by atoms with van der Waals surface area (Å²) in [6.07, 6.45) is -0.590. The van der Waals surface area contributed by atoms with Crippen molar-refractivity contribution in [2.45, 2.75) is 13.0 Å². The third kappa shape index (κ3) is 3.56. The molecule has 0 saturated carbocycles. The van der Waals surface area contributed by atoms with E-state index in [1.165, 1.54) is 7.11 Å². The van der Waals surface area contributed by atoms with Crippen LogP contribution in [-0.4, -0.2) is 25.2 Å². The number of aliphatic hydroxyl groups excluding tert-OH is 1. The Labute approximate surface area is 129 Å². The third-order valence-corrected chi connectivity index (χ3v) is 3.28. The van der Waals surface area contributed by atoms with Gasteiger partial charge in [-0.05, 0) is 36.8 Å². The molecule has 0 fully saturated rings. The van der Waals surface area contributed by atoms with Gasteiger partial charge >= 0.3 is 0 Å². The highest BCUT2D eigenvalue weighted by Gasteiger charge is 2.14. The fraction of sp³-hybridized carbons (Fsp3) is 0.235. The van der Waals surface area contributed by atoms with E-state index in [0.29, 0.717) is 22.7 Å². The molecule has 0 spiro atoms. The first kappa shape index (κ1) is 15.9. The number of ether oxygens (including phenoxy) is 2. The number of hydrogen-bond donors (Lipinski definition) is 2. The minimum Gasteiger partial charge on any atom is -0.497 e. The molecule has 1 atom stereocenters. The third-order valence-electron chi connectivity index (χ3n) is 3.28. The SMILES string of the molecule is COc1ccc(C(=O)Nc2cccc(C(C)O)c2)c(OC)c1. The van der Waals surface area contributed by atoms with Crippen molar-refractivity contribution in [1.82, 2.24) is 0 Å². The largest absolute Gasteiger partial charge is 0.497 e.